The van der Waals surface area contributed by atoms with Crippen LogP contribution in [0.25, 0.3) is 11.4 Å². The molecule has 0 spiro atoms. The zero-order valence-electron chi connectivity index (χ0n) is 8.05. The Balaban J connectivity index is 2.17. The van der Waals surface area contributed by atoms with Gasteiger partial charge in [0.25, 0.3) is 0 Å². The number of rotatable bonds is 3. The van der Waals surface area contributed by atoms with Gasteiger partial charge in [-0.05, 0) is 0 Å². The molecule has 0 aliphatic carbocycles. The van der Waals surface area contributed by atoms with Gasteiger partial charge in [-0.25, -0.2) is 0 Å². The Morgan fingerprint density at radius 2 is 2.31 bits per heavy atom. The van der Waals surface area contributed by atoms with Crippen LogP contribution in [0.3, 0.4) is 0 Å². The summed E-state index contributed by atoms with van der Waals surface area (Å²) in [5.41, 5.74) is 1.07. The van der Waals surface area contributed by atoms with Crippen molar-refractivity contribution in [1.29, 1.82) is 0 Å². The SMILES string of the molecule is O=C(CCl)Nc1cc(-c2cnccn2)no1. The van der Waals surface area contributed by atoms with Crippen molar-refractivity contribution in [3.05, 3.63) is 24.7 Å². The molecule has 16 heavy (non-hydrogen) atoms. The molecule has 0 atom stereocenters. The Morgan fingerprint density at radius 3 is 3.00 bits per heavy atom. The van der Waals surface area contributed by atoms with Crippen LogP contribution in [-0.4, -0.2) is 26.9 Å². The normalized spacial score (nSPS) is 10.1. The second-order valence-corrected chi connectivity index (χ2v) is 3.12. The molecule has 2 rings (SSSR count). The van der Waals surface area contributed by atoms with Crippen molar-refractivity contribution in [3.63, 3.8) is 0 Å². The first kappa shape index (κ1) is 10.6. The standard InChI is InChI=1S/C9H7ClN4O2/c10-4-8(15)13-9-3-6(14-16-9)7-5-11-1-2-12-7/h1-3,5H,4H2,(H,13,15). The quantitative estimate of drug-likeness (QED) is 0.816. The van der Waals surface area contributed by atoms with E-state index < -0.39 is 0 Å². The van der Waals surface area contributed by atoms with Gasteiger partial charge in [-0.2, -0.15) is 0 Å². The maximum atomic E-state index is 11.0. The molecule has 0 unspecified atom stereocenters. The molecule has 2 aromatic rings. The minimum atomic E-state index is -0.358. The minimum Gasteiger partial charge on any atom is -0.338 e. The van der Waals surface area contributed by atoms with Crippen LogP contribution in [-0.2, 0) is 4.79 Å². The predicted octanol–water partition coefficient (Wildman–Crippen LogP) is 1.31. The average Bonchev–Trinajstić information content (AvgIpc) is 2.78. The molecular weight excluding hydrogens is 232 g/mol. The maximum Gasteiger partial charge on any atom is 0.241 e. The highest BCUT2D eigenvalue weighted by molar-refractivity contribution is 6.28. The summed E-state index contributed by atoms with van der Waals surface area (Å²) in [6, 6.07) is 1.55. The van der Waals surface area contributed by atoms with Crippen molar-refractivity contribution < 1.29 is 9.32 Å². The number of hydrogen-bond acceptors (Lipinski definition) is 5. The molecule has 0 radical (unpaired) electrons. The number of nitrogens with zero attached hydrogens (tertiary/aromatic N) is 3. The van der Waals surface area contributed by atoms with Crippen molar-refractivity contribution in [2.24, 2.45) is 0 Å². The van der Waals surface area contributed by atoms with Gasteiger partial charge in [0.1, 0.15) is 17.3 Å². The summed E-state index contributed by atoms with van der Waals surface area (Å²) in [7, 11) is 0. The predicted molar refractivity (Wildman–Crippen MR) is 56.9 cm³/mol. The fraction of sp³-hybridized carbons (Fsp3) is 0.111. The molecule has 2 heterocycles. The highest BCUT2D eigenvalue weighted by Crippen LogP contribution is 2.18. The van der Waals surface area contributed by atoms with Gasteiger partial charge in [0.2, 0.25) is 11.8 Å². The summed E-state index contributed by atoms with van der Waals surface area (Å²) in [6.45, 7) is 0. The summed E-state index contributed by atoms with van der Waals surface area (Å²) < 4.78 is 4.88. The fourth-order valence-electron chi connectivity index (χ4n) is 1.06. The summed E-state index contributed by atoms with van der Waals surface area (Å²) >= 11 is 5.33. The lowest BCUT2D eigenvalue weighted by Crippen LogP contribution is -2.11. The Hall–Kier alpha value is -1.95. The largest absolute Gasteiger partial charge is 0.338 e. The number of carbonyl (C=O) groups excluding carboxylic acids is 1. The van der Waals surface area contributed by atoms with Gasteiger partial charge < -0.3 is 4.52 Å². The van der Waals surface area contributed by atoms with Crippen LogP contribution in [0.15, 0.2) is 29.2 Å². The summed E-state index contributed by atoms with van der Waals surface area (Å²) in [4.78, 5) is 18.9. The fourth-order valence-corrected chi connectivity index (χ4v) is 1.12. The molecule has 6 nitrogen and oxygen atoms in total. The molecule has 1 amide bonds. The number of alkyl halides is 1. The zero-order chi connectivity index (χ0) is 11.4. The first-order valence-corrected chi connectivity index (χ1v) is 4.92. The first-order chi connectivity index (χ1) is 7.79. The highest BCUT2D eigenvalue weighted by Gasteiger charge is 2.09. The van der Waals surface area contributed by atoms with Crippen LogP contribution in [0.2, 0.25) is 0 Å². The van der Waals surface area contributed by atoms with Gasteiger partial charge in [0.15, 0.2) is 0 Å². The van der Waals surface area contributed by atoms with Crippen molar-refractivity contribution in [2.75, 3.05) is 11.2 Å². The van der Waals surface area contributed by atoms with E-state index in [4.69, 9.17) is 16.1 Å². The molecule has 0 aromatic carbocycles. The summed E-state index contributed by atoms with van der Waals surface area (Å²) in [5, 5.41) is 6.17. The lowest BCUT2D eigenvalue weighted by Gasteiger charge is -1.93. The van der Waals surface area contributed by atoms with Gasteiger partial charge in [-0.1, -0.05) is 5.16 Å². The van der Waals surface area contributed by atoms with Gasteiger partial charge in [0.05, 0.1) is 6.20 Å². The summed E-state index contributed by atoms with van der Waals surface area (Å²) in [5.74, 6) is -0.268. The van der Waals surface area contributed by atoms with E-state index in [1.54, 1.807) is 24.7 Å². The number of amides is 1. The number of aromatic nitrogens is 3. The Morgan fingerprint density at radius 1 is 1.44 bits per heavy atom. The van der Waals surface area contributed by atoms with E-state index in [2.05, 4.69) is 20.4 Å². The number of hydrogen-bond donors (Lipinski definition) is 1. The minimum absolute atomic E-state index is 0.138. The van der Waals surface area contributed by atoms with E-state index in [0.717, 1.165) is 0 Å². The van der Waals surface area contributed by atoms with Crippen molar-refractivity contribution >= 4 is 23.4 Å². The highest BCUT2D eigenvalue weighted by atomic mass is 35.5. The zero-order valence-corrected chi connectivity index (χ0v) is 8.81. The average molecular weight is 239 g/mol. The third kappa shape index (κ3) is 2.34. The number of carbonyl (C=O) groups is 1. The molecule has 2 aromatic heterocycles. The van der Waals surface area contributed by atoms with E-state index in [9.17, 15) is 4.79 Å². The van der Waals surface area contributed by atoms with Crippen LogP contribution in [0.5, 0.6) is 0 Å². The summed E-state index contributed by atoms with van der Waals surface area (Å²) in [6.07, 6.45) is 4.64. The van der Waals surface area contributed by atoms with Gasteiger partial charge in [-0.3, -0.25) is 20.1 Å². The number of halogens is 1. The Kier molecular flexibility index (Phi) is 3.11. The molecule has 0 aliphatic rings. The maximum absolute atomic E-state index is 11.0. The van der Waals surface area contributed by atoms with Gasteiger partial charge in [0, 0.05) is 18.5 Å². The third-order valence-electron chi connectivity index (χ3n) is 1.72. The van der Waals surface area contributed by atoms with Crippen LogP contribution in [0.1, 0.15) is 0 Å². The Labute approximate surface area is 95.6 Å². The number of nitrogens with one attached hydrogen (secondary N) is 1. The topological polar surface area (TPSA) is 80.9 Å². The molecule has 0 bridgehead atoms. The molecular formula is C9H7ClN4O2. The molecule has 0 saturated heterocycles. The second-order valence-electron chi connectivity index (χ2n) is 2.85. The van der Waals surface area contributed by atoms with Crippen molar-refractivity contribution in [1.82, 2.24) is 15.1 Å². The van der Waals surface area contributed by atoms with Crippen molar-refractivity contribution in [3.8, 4) is 11.4 Å². The van der Waals surface area contributed by atoms with Crippen LogP contribution < -0.4 is 5.32 Å². The molecule has 82 valence electrons. The third-order valence-corrected chi connectivity index (χ3v) is 1.96. The van der Waals surface area contributed by atoms with Crippen LogP contribution in [0, 0.1) is 0 Å². The molecule has 0 saturated carbocycles. The first-order valence-electron chi connectivity index (χ1n) is 4.38. The van der Waals surface area contributed by atoms with Crippen LogP contribution >= 0.6 is 11.6 Å². The van der Waals surface area contributed by atoms with E-state index in [-0.39, 0.29) is 17.7 Å². The second kappa shape index (κ2) is 4.71. The van der Waals surface area contributed by atoms with E-state index in [0.29, 0.717) is 11.4 Å². The molecule has 1 N–H and O–H groups in total. The van der Waals surface area contributed by atoms with E-state index in [1.165, 1.54) is 0 Å². The van der Waals surface area contributed by atoms with E-state index in [1.807, 2.05) is 0 Å². The molecule has 0 aliphatic heterocycles. The number of anilines is 1. The van der Waals surface area contributed by atoms with E-state index >= 15 is 0 Å². The smallest absolute Gasteiger partial charge is 0.241 e. The van der Waals surface area contributed by atoms with Crippen LogP contribution in [0.4, 0.5) is 5.88 Å². The lowest BCUT2D eigenvalue weighted by molar-refractivity contribution is -0.114. The molecule has 7 heteroatoms. The van der Waals surface area contributed by atoms with Gasteiger partial charge in [-0.15, -0.1) is 11.6 Å². The Bertz CT molecular complexity index is 485. The lowest BCUT2D eigenvalue weighted by atomic mass is 10.3. The van der Waals surface area contributed by atoms with Crippen molar-refractivity contribution in [2.45, 2.75) is 0 Å². The van der Waals surface area contributed by atoms with Gasteiger partial charge >= 0.3 is 0 Å². The monoisotopic (exact) mass is 238 g/mol. The molecule has 0 fully saturated rings.